The van der Waals surface area contributed by atoms with Crippen molar-refractivity contribution in [1.29, 1.82) is 5.26 Å². The normalized spacial score (nSPS) is 12.1. The molecule has 38 heavy (non-hydrogen) atoms. The molecule has 10 nitrogen and oxygen atoms in total. The van der Waals surface area contributed by atoms with E-state index in [-0.39, 0.29) is 22.1 Å². The van der Waals surface area contributed by atoms with E-state index in [1.165, 1.54) is 34.4 Å². The predicted molar refractivity (Wildman–Crippen MR) is 143 cm³/mol. The van der Waals surface area contributed by atoms with E-state index in [0.717, 1.165) is 16.6 Å². The van der Waals surface area contributed by atoms with Gasteiger partial charge in [-0.2, -0.15) is 13.7 Å². The van der Waals surface area contributed by atoms with Gasteiger partial charge >= 0.3 is 15.8 Å². The minimum Gasteiger partial charge on any atom is -0.493 e. The van der Waals surface area contributed by atoms with Gasteiger partial charge in [-0.25, -0.2) is 9.78 Å². The molecule has 5 rings (SSSR count). The van der Waals surface area contributed by atoms with Crippen molar-refractivity contribution in [3.05, 3.63) is 82.0 Å². The number of imidazole rings is 2. The summed E-state index contributed by atoms with van der Waals surface area (Å²) in [6.45, 7) is 1.97. The molecule has 5 aromatic rings. The van der Waals surface area contributed by atoms with Crippen LogP contribution < -0.4 is 14.6 Å². The lowest BCUT2D eigenvalue weighted by atomic mass is 10.1. The largest absolute Gasteiger partial charge is 0.493 e. The molecule has 0 aliphatic rings. The minimum atomic E-state index is -4.25. The van der Waals surface area contributed by atoms with Crippen LogP contribution in [0.2, 0.25) is 0 Å². The van der Waals surface area contributed by atoms with Crippen molar-refractivity contribution in [2.45, 2.75) is 11.8 Å². The van der Waals surface area contributed by atoms with E-state index in [1.54, 1.807) is 38.4 Å². The average Bonchev–Trinajstić information content (AvgIpc) is 3.41. The van der Waals surface area contributed by atoms with Crippen molar-refractivity contribution in [3.8, 4) is 17.6 Å². The van der Waals surface area contributed by atoms with Crippen molar-refractivity contribution >= 4 is 43.8 Å². The fourth-order valence-electron chi connectivity index (χ4n) is 4.22. The number of aryl methyl sites for hydroxylation is 3. The highest BCUT2D eigenvalue weighted by atomic mass is 32.2. The number of hydrogen-bond acceptors (Lipinski definition) is 7. The summed E-state index contributed by atoms with van der Waals surface area (Å²) in [6, 6.07) is 16.9. The van der Waals surface area contributed by atoms with E-state index < -0.39 is 10.1 Å². The van der Waals surface area contributed by atoms with E-state index in [2.05, 4.69) is 16.0 Å². The number of nitrogens with one attached hydrogen (secondary N) is 1. The van der Waals surface area contributed by atoms with Crippen molar-refractivity contribution in [2.75, 3.05) is 7.11 Å². The Labute approximate surface area is 218 Å². The van der Waals surface area contributed by atoms with E-state index >= 15 is 0 Å². The number of fused-ring (bicyclic) bond motifs is 2. The highest BCUT2D eigenvalue weighted by Crippen LogP contribution is 2.32. The van der Waals surface area contributed by atoms with Crippen molar-refractivity contribution < 1.29 is 17.3 Å². The molecule has 0 aliphatic heterocycles. The highest BCUT2D eigenvalue weighted by Gasteiger charge is 2.21. The zero-order chi connectivity index (χ0) is 27.2. The highest BCUT2D eigenvalue weighted by molar-refractivity contribution is 7.87. The summed E-state index contributed by atoms with van der Waals surface area (Å²) in [4.78, 5) is 19.7. The molecule has 0 radical (unpaired) electrons. The summed E-state index contributed by atoms with van der Waals surface area (Å²) >= 11 is 0. The number of aromatic amines is 1. The Kier molecular flexibility index (Phi) is 6.05. The van der Waals surface area contributed by atoms with Gasteiger partial charge in [0.05, 0.1) is 34.7 Å². The lowest BCUT2D eigenvalue weighted by Gasteiger charge is -2.12. The first kappa shape index (κ1) is 24.9. The summed E-state index contributed by atoms with van der Waals surface area (Å²) in [5.74, 6) is 0.554. The number of methoxy groups -OCH3 is 1. The van der Waals surface area contributed by atoms with Crippen LogP contribution in [0.1, 0.15) is 17.0 Å². The maximum Gasteiger partial charge on any atom is 0.339 e. The Hall–Kier alpha value is -4.82. The second kappa shape index (κ2) is 9.24. The first-order valence-corrected chi connectivity index (χ1v) is 12.9. The van der Waals surface area contributed by atoms with Crippen molar-refractivity contribution in [2.24, 2.45) is 14.1 Å². The molecule has 1 N–H and O–H groups in total. The van der Waals surface area contributed by atoms with Gasteiger partial charge in [-0.05, 0) is 66.6 Å². The average molecular weight is 530 g/mol. The number of rotatable bonds is 6. The molecule has 11 heteroatoms. The summed E-state index contributed by atoms with van der Waals surface area (Å²) in [5, 5.41) is 9.76. The molecule has 0 aliphatic carbocycles. The fourth-order valence-corrected chi connectivity index (χ4v) is 5.18. The topological polar surface area (TPSA) is 132 Å². The Morgan fingerprint density at radius 3 is 2.53 bits per heavy atom. The molecule has 0 saturated heterocycles. The van der Waals surface area contributed by atoms with Crippen molar-refractivity contribution in [1.82, 2.24) is 19.1 Å². The van der Waals surface area contributed by atoms with E-state index in [0.29, 0.717) is 28.0 Å². The molecule has 0 saturated carbocycles. The number of ether oxygens (including phenoxy) is 1. The molecule has 0 fully saturated rings. The second-order valence-corrected chi connectivity index (χ2v) is 10.3. The van der Waals surface area contributed by atoms with Crippen LogP contribution in [0.15, 0.2) is 64.3 Å². The number of nitrogens with zero attached hydrogens (tertiary/aromatic N) is 4. The molecule has 2 aromatic heterocycles. The number of allylic oxidation sites excluding steroid dienone is 1. The van der Waals surface area contributed by atoms with E-state index in [1.807, 2.05) is 25.1 Å². The molecular formula is C27H23N5O5S. The zero-order valence-electron chi connectivity index (χ0n) is 21.0. The maximum atomic E-state index is 13.1. The summed E-state index contributed by atoms with van der Waals surface area (Å²) < 4.78 is 39.8. The molecule has 3 aromatic carbocycles. The number of nitriles is 1. The van der Waals surface area contributed by atoms with E-state index in [9.17, 15) is 18.5 Å². The summed E-state index contributed by atoms with van der Waals surface area (Å²) in [5.41, 5.74) is 4.30. The molecule has 0 amide bonds. The lowest BCUT2D eigenvalue weighted by molar-refractivity contribution is 0.390. The van der Waals surface area contributed by atoms with Crippen LogP contribution >= 0.6 is 0 Å². The van der Waals surface area contributed by atoms with E-state index in [4.69, 9.17) is 8.92 Å². The maximum absolute atomic E-state index is 13.1. The van der Waals surface area contributed by atoms with Gasteiger partial charge in [0.2, 0.25) is 0 Å². The molecule has 192 valence electrons. The summed E-state index contributed by atoms with van der Waals surface area (Å²) in [6.07, 6.45) is 1.62. The molecule has 0 unspecified atom stereocenters. The number of benzene rings is 3. The first-order valence-electron chi connectivity index (χ1n) is 11.5. The Morgan fingerprint density at radius 1 is 1.03 bits per heavy atom. The number of H-pyrrole nitrogens is 1. The SMILES string of the molecule is COc1cc(C=C(C#N)c2nc3ccc(C)cc3[nH]2)ccc1OS(=O)(=O)c1ccc2c(c1)n(C)c(=O)n2C. The van der Waals surface area contributed by atoms with Crippen LogP contribution in [-0.2, 0) is 24.2 Å². The smallest absolute Gasteiger partial charge is 0.339 e. The molecule has 0 atom stereocenters. The zero-order valence-corrected chi connectivity index (χ0v) is 21.8. The monoisotopic (exact) mass is 529 g/mol. The van der Waals surface area contributed by atoms with Crippen LogP contribution in [0.3, 0.4) is 0 Å². The number of hydrogen-bond donors (Lipinski definition) is 1. The minimum absolute atomic E-state index is 0.0237. The Balaban J connectivity index is 1.47. The third-order valence-corrected chi connectivity index (χ3v) is 7.47. The van der Waals surface area contributed by atoms with Crippen LogP contribution in [0, 0.1) is 18.3 Å². The molecule has 0 bridgehead atoms. The standard InChI is InChI=1S/C27H23N5O5S/c1-16-5-8-20-21(11-16)30-26(29-20)18(15-28)12-17-6-10-24(25(13-17)36-4)37-38(34,35)19-7-9-22-23(14-19)32(3)27(33)31(22)2/h5-14H,1-4H3,(H,29,30). The fraction of sp³-hybridized carbons (Fsp3) is 0.148. The Morgan fingerprint density at radius 2 is 1.79 bits per heavy atom. The quantitative estimate of drug-likeness (QED) is 0.261. The predicted octanol–water partition coefficient (Wildman–Crippen LogP) is 3.90. The summed E-state index contributed by atoms with van der Waals surface area (Å²) in [7, 11) is 0.325. The van der Waals surface area contributed by atoms with Gasteiger partial charge in [0.15, 0.2) is 11.5 Å². The first-order chi connectivity index (χ1) is 18.1. The van der Waals surface area contributed by atoms with Gasteiger partial charge < -0.3 is 13.9 Å². The van der Waals surface area contributed by atoms with Gasteiger partial charge in [-0.3, -0.25) is 9.13 Å². The van der Waals surface area contributed by atoms with Gasteiger partial charge in [-0.15, -0.1) is 0 Å². The van der Waals surface area contributed by atoms with Gasteiger partial charge in [0, 0.05) is 14.1 Å². The van der Waals surface area contributed by atoms with Gasteiger partial charge in [0.25, 0.3) is 0 Å². The van der Waals surface area contributed by atoms with Crippen LogP contribution in [0.25, 0.3) is 33.7 Å². The molecule has 0 spiro atoms. The third-order valence-electron chi connectivity index (χ3n) is 6.24. The molecule has 2 heterocycles. The van der Waals surface area contributed by atoms with Crippen LogP contribution in [0.4, 0.5) is 0 Å². The molecular weight excluding hydrogens is 506 g/mol. The third kappa shape index (κ3) is 4.31. The Bertz CT molecular complexity index is 1970. The van der Waals surface area contributed by atoms with Gasteiger partial charge in [-0.1, -0.05) is 12.1 Å². The number of aromatic nitrogens is 4. The second-order valence-electron chi connectivity index (χ2n) is 8.77. The lowest BCUT2D eigenvalue weighted by Crippen LogP contribution is -2.19. The van der Waals surface area contributed by atoms with Crippen LogP contribution in [-0.4, -0.2) is 34.6 Å². The van der Waals surface area contributed by atoms with Gasteiger partial charge in [0.1, 0.15) is 16.8 Å². The van der Waals surface area contributed by atoms with Crippen LogP contribution in [0.5, 0.6) is 11.5 Å². The van der Waals surface area contributed by atoms with Crippen molar-refractivity contribution in [3.63, 3.8) is 0 Å².